The molecule has 0 aromatic heterocycles. The molecule has 1 aliphatic heterocycles. The number of hydrogen-bond acceptors (Lipinski definition) is 2. The molecule has 1 unspecified atom stereocenters. The standard InChI is InChI=1S/C14H21BrN2/c1-2-14(12-4-6-13(15)7-5-12)17-10-3-8-16-9-11-17/h4-7,14,16H,2-3,8-11H2,1H3. The monoisotopic (exact) mass is 296 g/mol. The lowest BCUT2D eigenvalue weighted by molar-refractivity contribution is 0.205. The first kappa shape index (κ1) is 13.1. The van der Waals surface area contributed by atoms with Crippen molar-refractivity contribution in [1.82, 2.24) is 10.2 Å². The van der Waals surface area contributed by atoms with E-state index < -0.39 is 0 Å². The van der Waals surface area contributed by atoms with Gasteiger partial charge in [0.1, 0.15) is 0 Å². The molecule has 0 saturated carbocycles. The highest BCUT2D eigenvalue weighted by Gasteiger charge is 2.19. The van der Waals surface area contributed by atoms with E-state index in [9.17, 15) is 0 Å². The van der Waals surface area contributed by atoms with Crippen molar-refractivity contribution < 1.29 is 0 Å². The maximum absolute atomic E-state index is 3.50. The van der Waals surface area contributed by atoms with E-state index in [1.54, 1.807) is 0 Å². The summed E-state index contributed by atoms with van der Waals surface area (Å²) in [7, 11) is 0. The minimum Gasteiger partial charge on any atom is -0.315 e. The van der Waals surface area contributed by atoms with Crippen LogP contribution in [0.4, 0.5) is 0 Å². The van der Waals surface area contributed by atoms with Gasteiger partial charge < -0.3 is 5.32 Å². The lowest BCUT2D eigenvalue weighted by Gasteiger charge is -2.30. The number of benzene rings is 1. The molecule has 17 heavy (non-hydrogen) atoms. The Labute approximate surface area is 113 Å². The van der Waals surface area contributed by atoms with Gasteiger partial charge in [-0.1, -0.05) is 35.0 Å². The van der Waals surface area contributed by atoms with Gasteiger partial charge in [0.2, 0.25) is 0 Å². The minimum atomic E-state index is 0.572. The zero-order valence-electron chi connectivity index (χ0n) is 10.5. The van der Waals surface area contributed by atoms with Gasteiger partial charge in [0, 0.05) is 30.1 Å². The van der Waals surface area contributed by atoms with Crippen molar-refractivity contribution in [2.45, 2.75) is 25.8 Å². The molecule has 0 bridgehead atoms. The van der Waals surface area contributed by atoms with Gasteiger partial charge in [0.05, 0.1) is 0 Å². The molecule has 1 heterocycles. The van der Waals surface area contributed by atoms with Crippen molar-refractivity contribution >= 4 is 15.9 Å². The molecule has 0 radical (unpaired) electrons. The van der Waals surface area contributed by atoms with Crippen LogP contribution in [0.1, 0.15) is 31.4 Å². The Morgan fingerprint density at radius 1 is 1.24 bits per heavy atom. The molecule has 2 nitrogen and oxygen atoms in total. The van der Waals surface area contributed by atoms with E-state index in [0.717, 1.165) is 24.1 Å². The second-order valence-electron chi connectivity index (χ2n) is 4.62. The van der Waals surface area contributed by atoms with Gasteiger partial charge in [-0.15, -0.1) is 0 Å². The first-order valence-electron chi connectivity index (χ1n) is 6.51. The number of hydrogen-bond donors (Lipinski definition) is 1. The Hall–Kier alpha value is -0.380. The molecule has 1 fully saturated rings. The van der Waals surface area contributed by atoms with Crippen LogP contribution in [-0.4, -0.2) is 31.1 Å². The lowest BCUT2D eigenvalue weighted by atomic mass is 10.0. The quantitative estimate of drug-likeness (QED) is 0.921. The Morgan fingerprint density at radius 3 is 2.71 bits per heavy atom. The maximum Gasteiger partial charge on any atom is 0.0346 e. The topological polar surface area (TPSA) is 15.3 Å². The summed E-state index contributed by atoms with van der Waals surface area (Å²) in [5.74, 6) is 0. The molecule has 1 N–H and O–H groups in total. The number of halogens is 1. The summed E-state index contributed by atoms with van der Waals surface area (Å²) < 4.78 is 1.16. The summed E-state index contributed by atoms with van der Waals surface area (Å²) in [6.07, 6.45) is 2.44. The predicted octanol–water partition coefficient (Wildman–Crippen LogP) is 3.20. The summed E-state index contributed by atoms with van der Waals surface area (Å²) in [6, 6.07) is 9.36. The van der Waals surface area contributed by atoms with E-state index in [0.29, 0.717) is 6.04 Å². The van der Waals surface area contributed by atoms with Crippen molar-refractivity contribution in [2.75, 3.05) is 26.2 Å². The molecule has 0 spiro atoms. The fraction of sp³-hybridized carbons (Fsp3) is 0.571. The zero-order valence-corrected chi connectivity index (χ0v) is 12.0. The van der Waals surface area contributed by atoms with Crippen molar-refractivity contribution in [2.24, 2.45) is 0 Å². The van der Waals surface area contributed by atoms with E-state index >= 15 is 0 Å². The summed E-state index contributed by atoms with van der Waals surface area (Å²) in [5, 5.41) is 3.47. The molecule has 1 aromatic carbocycles. The molecule has 1 atom stereocenters. The van der Waals surface area contributed by atoms with E-state index in [2.05, 4.69) is 57.3 Å². The maximum atomic E-state index is 3.50. The molecule has 94 valence electrons. The summed E-state index contributed by atoms with van der Waals surface area (Å²) in [5.41, 5.74) is 1.44. The third kappa shape index (κ3) is 3.54. The molecule has 0 aliphatic carbocycles. The number of nitrogens with one attached hydrogen (secondary N) is 1. The van der Waals surface area contributed by atoms with Crippen LogP contribution in [0.15, 0.2) is 28.7 Å². The third-order valence-electron chi connectivity index (χ3n) is 3.46. The van der Waals surface area contributed by atoms with Crippen LogP contribution < -0.4 is 5.32 Å². The zero-order chi connectivity index (χ0) is 12.1. The van der Waals surface area contributed by atoms with E-state index in [-0.39, 0.29) is 0 Å². The fourth-order valence-corrected chi connectivity index (χ4v) is 2.83. The predicted molar refractivity (Wildman–Crippen MR) is 76.2 cm³/mol. The molecule has 2 rings (SSSR count). The van der Waals surface area contributed by atoms with Crippen molar-refractivity contribution in [3.63, 3.8) is 0 Å². The van der Waals surface area contributed by atoms with Gasteiger partial charge >= 0.3 is 0 Å². The first-order chi connectivity index (χ1) is 8.31. The smallest absolute Gasteiger partial charge is 0.0346 e. The van der Waals surface area contributed by atoms with Gasteiger partial charge in [-0.05, 0) is 37.1 Å². The average molecular weight is 297 g/mol. The van der Waals surface area contributed by atoms with Crippen LogP contribution in [0.3, 0.4) is 0 Å². The van der Waals surface area contributed by atoms with E-state index in [4.69, 9.17) is 0 Å². The van der Waals surface area contributed by atoms with Crippen LogP contribution in [0.2, 0.25) is 0 Å². The molecular formula is C14H21BrN2. The average Bonchev–Trinajstić information content (AvgIpc) is 2.62. The van der Waals surface area contributed by atoms with Crippen LogP contribution in [0.25, 0.3) is 0 Å². The van der Waals surface area contributed by atoms with Crippen molar-refractivity contribution in [3.8, 4) is 0 Å². The van der Waals surface area contributed by atoms with Gasteiger partial charge in [0.25, 0.3) is 0 Å². The summed E-state index contributed by atoms with van der Waals surface area (Å²) in [6.45, 7) is 6.93. The largest absolute Gasteiger partial charge is 0.315 e. The van der Waals surface area contributed by atoms with Crippen LogP contribution in [0.5, 0.6) is 0 Å². The molecule has 1 aromatic rings. The van der Waals surface area contributed by atoms with Crippen LogP contribution in [-0.2, 0) is 0 Å². The SMILES string of the molecule is CCC(c1ccc(Br)cc1)N1CCCNCC1. The van der Waals surface area contributed by atoms with E-state index in [1.165, 1.54) is 24.9 Å². The Bertz CT molecular complexity index is 329. The molecule has 1 saturated heterocycles. The van der Waals surface area contributed by atoms with Gasteiger partial charge in [-0.25, -0.2) is 0 Å². The first-order valence-corrected chi connectivity index (χ1v) is 7.31. The van der Waals surface area contributed by atoms with Crippen molar-refractivity contribution in [1.29, 1.82) is 0 Å². The van der Waals surface area contributed by atoms with Gasteiger partial charge in [0.15, 0.2) is 0 Å². The highest BCUT2D eigenvalue weighted by atomic mass is 79.9. The Kier molecular flexibility index (Phi) is 5.01. The van der Waals surface area contributed by atoms with Crippen molar-refractivity contribution in [3.05, 3.63) is 34.3 Å². The van der Waals surface area contributed by atoms with E-state index in [1.807, 2.05) is 0 Å². The highest BCUT2D eigenvalue weighted by molar-refractivity contribution is 9.10. The highest BCUT2D eigenvalue weighted by Crippen LogP contribution is 2.25. The second kappa shape index (κ2) is 6.53. The van der Waals surface area contributed by atoms with Crippen LogP contribution in [0, 0.1) is 0 Å². The third-order valence-corrected chi connectivity index (χ3v) is 3.99. The molecule has 0 amide bonds. The number of nitrogens with zero attached hydrogens (tertiary/aromatic N) is 1. The Morgan fingerprint density at radius 2 is 2.00 bits per heavy atom. The minimum absolute atomic E-state index is 0.572. The summed E-state index contributed by atoms with van der Waals surface area (Å²) in [4.78, 5) is 2.61. The van der Waals surface area contributed by atoms with Gasteiger partial charge in [-0.2, -0.15) is 0 Å². The number of rotatable bonds is 3. The van der Waals surface area contributed by atoms with Crippen LogP contribution >= 0.6 is 15.9 Å². The van der Waals surface area contributed by atoms with Gasteiger partial charge in [-0.3, -0.25) is 4.90 Å². The Balaban J connectivity index is 2.11. The lowest BCUT2D eigenvalue weighted by Crippen LogP contribution is -2.32. The summed E-state index contributed by atoms with van der Waals surface area (Å²) >= 11 is 3.50. The second-order valence-corrected chi connectivity index (χ2v) is 5.53. The molecule has 3 heteroatoms. The molecular weight excluding hydrogens is 276 g/mol. The fourth-order valence-electron chi connectivity index (χ4n) is 2.57. The normalized spacial score (nSPS) is 19.9. The molecule has 1 aliphatic rings.